The summed E-state index contributed by atoms with van der Waals surface area (Å²) in [6.45, 7) is 2.67. The van der Waals surface area contributed by atoms with Gasteiger partial charge in [0, 0.05) is 23.5 Å². The summed E-state index contributed by atoms with van der Waals surface area (Å²) in [5.74, 6) is -0.886. The first kappa shape index (κ1) is 27.5. The minimum absolute atomic E-state index is 0.150. The van der Waals surface area contributed by atoms with Crippen LogP contribution in [0.3, 0.4) is 0 Å². The first-order valence-corrected chi connectivity index (χ1v) is 11.7. The summed E-state index contributed by atoms with van der Waals surface area (Å²) in [6.07, 6.45) is -1.33. The molecule has 3 rings (SSSR count). The number of aliphatic hydroxyl groups is 2. The molecule has 0 saturated carbocycles. The fourth-order valence-electron chi connectivity index (χ4n) is 3.76. The summed E-state index contributed by atoms with van der Waals surface area (Å²) >= 11 is 0. The molecular weight excluding hydrogens is 476 g/mol. The normalized spacial score (nSPS) is 12.6. The number of nitrogens with zero attached hydrogens (tertiary/aromatic N) is 2. The molecule has 3 aromatic carbocycles. The molecule has 0 saturated heterocycles. The van der Waals surface area contributed by atoms with Crippen molar-refractivity contribution in [1.82, 2.24) is 4.90 Å². The SMILES string of the molecule is Cc1ccc(NC(=O)CN(CC(=O)Nc2ccc(C)cc2)[C@H](CO)[C@H](O)c2ccc([N+](=O)[O-])cc2)cc1. The van der Waals surface area contributed by atoms with Crippen LogP contribution in [-0.4, -0.2) is 57.6 Å². The van der Waals surface area contributed by atoms with Crippen LogP contribution in [0.1, 0.15) is 22.8 Å². The summed E-state index contributed by atoms with van der Waals surface area (Å²) in [5.41, 5.74) is 3.33. The van der Waals surface area contributed by atoms with Crippen LogP contribution < -0.4 is 10.6 Å². The van der Waals surface area contributed by atoms with Crippen LogP contribution in [-0.2, 0) is 9.59 Å². The minimum atomic E-state index is -1.33. The van der Waals surface area contributed by atoms with Crippen LogP contribution in [0.15, 0.2) is 72.8 Å². The van der Waals surface area contributed by atoms with E-state index in [9.17, 15) is 29.9 Å². The molecular formula is C27H30N4O6. The number of benzene rings is 3. The molecule has 3 aromatic rings. The smallest absolute Gasteiger partial charge is 0.269 e. The van der Waals surface area contributed by atoms with E-state index < -0.39 is 35.5 Å². The first-order valence-electron chi connectivity index (χ1n) is 11.7. The number of nitro benzene ring substituents is 1. The predicted octanol–water partition coefficient (Wildman–Crippen LogP) is 3.19. The highest BCUT2D eigenvalue weighted by Gasteiger charge is 2.30. The third kappa shape index (κ3) is 7.94. The third-order valence-electron chi connectivity index (χ3n) is 5.83. The van der Waals surface area contributed by atoms with E-state index >= 15 is 0 Å². The number of rotatable bonds is 11. The van der Waals surface area contributed by atoms with Gasteiger partial charge in [0.15, 0.2) is 0 Å². The number of aryl methyl sites for hydroxylation is 2. The van der Waals surface area contributed by atoms with Gasteiger partial charge in [0.2, 0.25) is 11.8 Å². The lowest BCUT2D eigenvalue weighted by molar-refractivity contribution is -0.384. The molecule has 0 aliphatic heterocycles. The second kappa shape index (κ2) is 12.7. The summed E-state index contributed by atoms with van der Waals surface area (Å²) in [5, 5.41) is 37.7. The summed E-state index contributed by atoms with van der Waals surface area (Å²) in [6, 6.07) is 18.6. The minimum Gasteiger partial charge on any atom is -0.395 e. The molecule has 0 aliphatic rings. The summed E-state index contributed by atoms with van der Waals surface area (Å²) < 4.78 is 0. The molecule has 10 nitrogen and oxygen atoms in total. The van der Waals surface area contributed by atoms with Crippen molar-refractivity contribution in [2.45, 2.75) is 26.0 Å². The average Bonchev–Trinajstić information content (AvgIpc) is 2.87. The molecule has 37 heavy (non-hydrogen) atoms. The number of amides is 2. The molecule has 2 amide bonds. The van der Waals surface area contributed by atoms with Crippen molar-refractivity contribution in [1.29, 1.82) is 0 Å². The molecule has 0 spiro atoms. The molecule has 0 aliphatic carbocycles. The summed E-state index contributed by atoms with van der Waals surface area (Å²) in [7, 11) is 0. The number of nitro groups is 1. The number of anilines is 2. The molecule has 0 radical (unpaired) electrons. The quantitative estimate of drug-likeness (QED) is 0.231. The maximum atomic E-state index is 12.9. The topological polar surface area (TPSA) is 145 Å². The van der Waals surface area contributed by atoms with Gasteiger partial charge in [-0.15, -0.1) is 0 Å². The number of carbonyl (C=O) groups excluding carboxylic acids is 2. The van der Waals surface area contributed by atoms with E-state index in [1.807, 2.05) is 38.1 Å². The Hall–Kier alpha value is -4.12. The van der Waals surface area contributed by atoms with Crippen molar-refractivity contribution < 1.29 is 24.7 Å². The van der Waals surface area contributed by atoms with Crippen molar-refractivity contribution in [3.63, 3.8) is 0 Å². The number of hydrogen-bond acceptors (Lipinski definition) is 7. The van der Waals surface area contributed by atoms with Gasteiger partial charge in [0.25, 0.3) is 5.69 Å². The zero-order valence-corrected chi connectivity index (χ0v) is 20.6. The highest BCUT2D eigenvalue weighted by molar-refractivity contribution is 5.94. The lowest BCUT2D eigenvalue weighted by atomic mass is 10.0. The van der Waals surface area contributed by atoms with E-state index in [1.165, 1.54) is 29.2 Å². The first-order chi connectivity index (χ1) is 17.7. The van der Waals surface area contributed by atoms with E-state index in [0.29, 0.717) is 16.9 Å². The fraction of sp³-hybridized carbons (Fsp3) is 0.259. The Morgan fingerprint density at radius 2 is 1.27 bits per heavy atom. The largest absolute Gasteiger partial charge is 0.395 e. The van der Waals surface area contributed by atoms with Gasteiger partial charge in [-0.2, -0.15) is 0 Å². The molecule has 194 valence electrons. The molecule has 0 heterocycles. The Labute approximate surface area is 214 Å². The van der Waals surface area contributed by atoms with E-state index in [2.05, 4.69) is 10.6 Å². The molecule has 0 unspecified atom stereocenters. The Morgan fingerprint density at radius 3 is 1.65 bits per heavy atom. The standard InChI is InChI=1S/C27H30N4O6/c1-18-3-9-21(10-4-18)28-25(33)15-30(16-26(34)29-22-11-5-19(2)6-12-22)24(17-32)27(35)20-7-13-23(14-8-20)31(36)37/h3-14,24,27,32,35H,15-17H2,1-2H3,(H,28,33)(H,29,34)/t24-,27-/m1/s1. The van der Waals surface area contributed by atoms with Crippen LogP contribution in [0.4, 0.5) is 17.1 Å². The maximum absolute atomic E-state index is 12.9. The van der Waals surface area contributed by atoms with Crippen molar-refractivity contribution in [3.8, 4) is 0 Å². The lowest BCUT2D eigenvalue weighted by Crippen LogP contribution is -2.49. The monoisotopic (exact) mass is 506 g/mol. The number of hydrogen-bond donors (Lipinski definition) is 4. The Morgan fingerprint density at radius 1 is 0.838 bits per heavy atom. The zero-order valence-electron chi connectivity index (χ0n) is 20.6. The fourth-order valence-corrected chi connectivity index (χ4v) is 3.76. The van der Waals surface area contributed by atoms with Gasteiger partial charge >= 0.3 is 0 Å². The lowest BCUT2D eigenvalue weighted by Gasteiger charge is -2.33. The van der Waals surface area contributed by atoms with Gasteiger partial charge in [-0.25, -0.2) is 0 Å². The Kier molecular flexibility index (Phi) is 9.45. The highest BCUT2D eigenvalue weighted by atomic mass is 16.6. The Bertz CT molecular complexity index is 1150. The van der Waals surface area contributed by atoms with Gasteiger partial charge in [-0.1, -0.05) is 35.4 Å². The van der Waals surface area contributed by atoms with Gasteiger partial charge in [0.1, 0.15) is 0 Å². The summed E-state index contributed by atoms with van der Waals surface area (Å²) in [4.78, 5) is 37.5. The predicted molar refractivity (Wildman–Crippen MR) is 140 cm³/mol. The van der Waals surface area contributed by atoms with Gasteiger partial charge in [-0.05, 0) is 55.8 Å². The molecule has 0 aromatic heterocycles. The van der Waals surface area contributed by atoms with Gasteiger partial charge < -0.3 is 20.8 Å². The molecule has 2 atom stereocenters. The number of non-ortho nitro benzene ring substituents is 1. The highest BCUT2D eigenvalue weighted by Crippen LogP contribution is 2.24. The zero-order chi connectivity index (χ0) is 26.9. The van der Waals surface area contributed by atoms with Crippen molar-refractivity contribution in [2.75, 3.05) is 30.3 Å². The van der Waals surface area contributed by atoms with Crippen LogP contribution in [0.2, 0.25) is 0 Å². The molecule has 0 fully saturated rings. The number of aliphatic hydroxyl groups excluding tert-OH is 2. The second-order valence-corrected chi connectivity index (χ2v) is 8.78. The maximum Gasteiger partial charge on any atom is 0.269 e. The van der Waals surface area contributed by atoms with Crippen LogP contribution >= 0.6 is 0 Å². The van der Waals surface area contributed by atoms with Gasteiger partial charge in [0.05, 0.1) is 36.8 Å². The molecule has 4 N–H and O–H groups in total. The van der Waals surface area contributed by atoms with E-state index in [4.69, 9.17) is 0 Å². The molecule has 0 bridgehead atoms. The second-order valence-electron chi connectivity index (χ2n) is 8.78. The Balaban J connectivity index is 1.80. The third-order valence-corrected chi connectivity index (χ3v) is 5.83. The van der Waals surface area contributed by atoms with Crippen molar-refractivity contribution in [2.24, 2.45) is 0 Å². The van der Waals surface area contributed by atoms with E-state index in [-0.39, 0.29) is 18.8 Å². The van der Waals surface area contributed by atoms with Gasteiger partial charge in [-0.3, -0.25) is 24.6 Å². The van der Waals surface area contributed by atoms with Crippen LogP contribution in [0.5, 0.6) is 0 Å². The van der Waals surface area contributed by atoms with Crippen molar-refractivity contribution >= 4 is 28.9 Å². The van der Waals surface area contributed by atoms with E-state index in [1.54, 1.807) is 24.3 Å². The number of nitrogens with one attached hydrogen (secondary N) is 2. The van der Waals surface area contributed by atoms with Crippen molar-refractivity contribution in [3.05, 3.63) is 99.6 Å². The van der Waals surface area contributed by atoms with Crippen LogP contribution in [0.25, 0.3) is 0 Å². The molecule has 10 heteroatoms. The average molecular weight is 507 g/mol. The number of carbonyl (C=O) groups is 2. The van der Waals surface area contributed by atoms with Crippen LogP contribution in [0, 0.1) is 24.0 Å². The van der Waals surface area contributed by atoms with E-state index in [0.717, 1.165) is 11.1 Å².